The first-order valence-corrected chi connectivity index (χ1v) is 9.85. The van der Waals surface area contributed by atoms with E-state index in [2.05, 4.69) is 10.3 Å². The second-order valence-corrected chi connectivity index (χ2v) is 7.47. The monoisotopic (exact) mass is 357 g/mol. The van der Waals surface area contributed by atoms with Crippen LogP contribution in [0.4, 0.5) is 0 Å². The molecule has 6 heteroatoms. The summed E-state index contributed by atoms with van der Waals surface area (Å²) < 4.78 is 17.1. The van der Waals surface area contributed by atoms with E-state index in [0.717, 1.165) is 28.2 Å². The Morgan fingerprint density at radius 2 is 2.00 bits per heavy atom. The number of hydrogen-bond donors (Lipinski definition) is 2. The van der Waals surface area contributed by atoms with E-state index in [1.807, 2.05) is 55.5 Å². The van der Waals surface area contributed by atoms with E-state index in [1.54, 1.807) is 6.26 Å². The number of nitrogens with one attached hydrogen (secondary N) is 1. The molecule has 3 unspecified atom stereocenters. The molecule has 2 aromatic carbocycles. The Labute approximate surface area is 150 Å². The number of ether oxygens (including phenoxy) is 1. The molecule has 0 radical (unpaired) electrons. The molecule has 0 amide bonds. The first-order valence-electron chi connectivity index (χ1n) is 8.29. The third-order valence-electron chi connectivity index (χ3n) is 4.30. The number of hydrogen-bond acceptors (Lipinski definition) is 3. The van der Waals surface area contributed by atoms with Crippen molar-refractivity contribution >= 4 is 16.8 Å². The molecule has 1 aliphatic heterocycles. The van der Waals surface area contributed by atoms with Crippen molar-refractivity contribution in [3.8, 4) is 5.75 Å². The Kier molecular flexibility index (Phi) is 5.38. The highest BCUT2D eigenvalue weighted by molar-refractivity contribution is 7.84. The van der Waals surface area contributed by atoms with Crippen molar-refractivity contribution in [3.05, 3.63) is 59.7 Å². The quantitative estimate of drug-likeness (QED) is 0.651. The molecule has 5 nitrogen and oxygen atoms in total. The lowest BCUT2D eigenvalue weighted by Gasteiger charge is -2.24. The Hall–Kier alpha value is -2.34. The molecule has 0 spiro atoms. The summed E-state index contributed by atoms with van der Waals surface area (Å²) >= 11 is 0. The second-order valence-electron chi connectivity index (χ2n) is 6.09. The summed E-state index contributed by atoms with van der Waals surface area (Å²) in [5.41, 5.74) is 8.27. The van der Waals surface area contributed by atoms with Gasteiger partial charge in [-0.15, -0.1) is 0 Å². The molecule has 3 rings (SSSR count). The van der Waals surface area contributed by atoms with E-state index in [9.17, 15) is 4.21 Å². The summed E-state index contributed by atoms with van der Waals surface area (Å²) in [4.78, 5) is 5.46. The van der Waals surface area contributed by atoms with E-state index in [-0.39, 0.29) is 12.1 Å². The van der Waals surface area contributed by atoms with Crippen LogP contribution in [0.2, 0.25) is 0 Å². The third kappa shape index (κ3) is 4.20. The number of para-hydroxylation sites is 1. The maximum atomic E-state index is 11.5. The van der Waals surface area contributed by atoms with Crippen LogP contribution in [0.3, 0.4) is 0 Å². The molecule has 0 fully saturated rings. The van der Waals surface area contributed by atoms with Gasteiger partial charge in [-0.1, -0.05) is 30.3 Å². The molecule has 0 saturated carbocycles. The first-order chi connectivity index (χ1) is 12.0. The van der Waals surface area contributed by atoms with Crippen molar-refractivity contribution in [1.82, 2.24) is 5.32 Å². The van der Waals surface area contributed by atoms with Crippen LogP contribution >= 0.6 is 0 Å². The molecule has 3 N–H and O–H groups in total. The molecule has 0 aromatic heterocycles. The molecule has 0 saturated heterocycles. The van der Waals surface area contributed by atoms with E-state index in [1.165, 1.54) is 0 Å². The zero-order chi connectivity index (χ0) is 17.8. The summed E-state index contributed by atoms with van der Waals surface area (Å²) in [5, 5.41) is 3.23. The number of benzene rings is 2. The normalized spacial score (nSPS) is 19.4. The third-order valence-corrected chi connectivity index (χ3v) is 5.23. The Morgan fingerprint density at radius 1 is 1.28 bits per heavy atom. The minimum absolute atomic E-state index is 0.00883. The van der Waals surface area contributed by atoms with Crippen molar-refractivity contribution < 1.29 is 8.95 Å². The van der Waals surface area contributed by atoms with Crippen LogP contribution in [-0.2, 0) is 10.8 Å². The molecule has 3 atom stereocenters. The van der Waals surface area contributed by atoms with Crippen LogP contribution in [0.25, 0.3) is 0 Å². The highest BCUT2D eigenvalue weighted by Gasteiger charge is 2.20. The molecular formula is C19H23N3O2S. The average molecular weight is 357 g/mol. The molecular weight excluding hydrogens is 334 g/mol. The highest BCUT2D eigenvalue weighted by atomic mass is 32.2. The van der Waals surface area contributed by atoms with Crippen molar-refractivity contribution in [2.75, 3.05) is 12.9 Å². The lowest BCUT2D eigenvalue weighted by atomic mass is 10.0. The molecule has 0 bridgehead atoms. The number of rotatable bonds is 4. The van der Waals surface area contributed by atoms with E-state index < -0.39 is 10.8 Å². The second kappa shape index (κ2) is 7.70. The van der Waals surface area contributed by atoms with Crippen LogP contribution in [-0.4, -0.2) is 23.0 Å². The van der Waals surface area contributed by atoms with Crippen molar-refractivity contribution in [2.24, 2.45) is 10.7 Å². The fourth-order valence-electron chi connectivity index (χ4n) is 2.92. The maximum Gasteiger partial charge on any atom is 0.189 e. The summed E-state index contributed by atoms with van der Waals surface area (Å²) in [5.74, 6) is 1.30. The lowest BCUT2D eigenvalue weighted by Crippen LogP contribution is -2.34. The van der Waals surface area contributed by atoms with Crippen molar-refractivity contribution in [1.29, 1.82) is 0 Å². The van der Waals surface area contributed by atoms with E-state index in [4.69, 9.17) is 10.5 Å². The largest absolute Gasteiger partial charge is 0.493 e. The fraction of sp³-hybridized carbons (Fsp3) is 0.316. The number of nitrogens with two attached hydrogens (primary N) is 1. The molecule has 1 heterocycles. The zero-order valence-corrected chi connectivity index (χ0v) is 15.3. The van der Waals surface area contributed by atoms with Crippen LogP contribution in [0.15, 0.2) is 58.4 Å². The van der Waals surface area contributed by atoms with Gasteiger partial charge in [0.15, 0.2) is 5.96 Å². The minimum Gasteiger partial charge on any atom is -0.493 e. The first kappa shape index (κ1) is 17.5. The van der Waals surface area contributed by atoms with Gasteiger partial charge in [-0.3, -0.25) is 4.21 Å². The van der Waals surface area contributed by atoms with Gasteiger partial charge in [-0.05, 0) is 30.7 Å². The summed E-state index contributed by atoms with van der Waals surface area (Å²) in [6, 6.07) is 15.6. The van der Waals surface area contributed by atoms with Crippen molar-refractivity contribution in [3.63, 3.8) is 0 Å². The number of fused-ring (bicyclic) bond motifs is 1. The zero-order valence-electron chi connectivity index (χ0n) is 14.4. The highest BCUT2D eigenvalue weighted by Crippen LogP contribution is 2.34. The molecule has 0 aliphatic carbocycles. The average Bonchev–Trinajstić information content (AvgIpc) is 2.62. The van der Waals surface area contributed by atoms with Gasteiger partial charge in [-0.25, -0.2) is 4.99 Å². The Morgan fingerprint density at radius 3 is 2.72 bits per heavy atom. The molecule has 1 aliphatic rings. The van der Waals surface area contributed by atoms with Gasteiger partial charge in [-0.2, -0.15) is 0 Å². The van der Waals surface area contributed by atoms with E-state index >= 15 is 0 Å². The summed E-state index contributed by atoms with van der Waals surface area (Å²) in [7, 11) is -0.968. The van der Waals surface area contributed by atoms with Crippen LogP contribution in [0, 0.1) is 0 Å². The topological polar surface area (TPSA) is 76.7 Å². The van der Waals surface area contributed by atoms with Gasteiger partial charge in [0.25, 0.3) is 0 Å². The Balaban J connectivity index is 1.70. The molecule has 2 aromatic rings. The maximum absolute atomic E-state index is 11.5. The van der Waals surface area contributed by atoms with Crippen LogP contribution in [0.5, 0.6) is 5.75 Å². The van der Waals surface area contributed by atoms with Gasteiger partial charge in [0, 0.05) is 33.9 Å². The molecule has 25 heavy (non-hydrogen) atoms. The number of nitrogens with zero attached hydrogens (tertiary/aromatic N) is 1. The van der Waals surface area contributed by atoms with Crippen LogP contribution < -0.4 is 15.8 Å². The summed E-state index contributed by atoms with van der Waals surface area (Å²) in [6.45, 7) is 2.67. The Bertz CT molecular complexity index is 790. The van der Waals surface area contributed by atoms with Gasteiger partial charge in [0.05, 0.1) is 18.7 Å². The van der Waals surface area contributed by atoms with Crippen molar-refractivity contribution in [2.45, 2.75) is 30.3 Å². The fourth-order valence-corrected chi connectivity index (χ4v) is 3.44. The number of aliphatic imine (C=N–C) groups is 1. The minimum atomic E-state index is -0.968. The summed E-state index contributed by atoms with van der Waals surface area (Å²) in [6.07, 6.45) is 2.48. The van der Waals surface area contributed by atoms with Gasteiger partial charge >= 0.3 is 0 Å². The predicted molar refractivity (Wildman–Crippen MR) is 101 cm³/mol. The smallest absolute Gasteiger partial charge is 0.189 e. The van der Waals surface area contributed by atoms with Gasteiger partial charge < -0.3 is 15.8 Å². The standard InChI is InChI=1S/C19H23N3O2S/c1-13(14-7-9-15(10-8-14)25(2)23)21-19(20)22-17-11-12-24-18-6-4-3-5-16(17)18/h3-10,13,17H,11-12H2,1-2H3,(H3,20,21,22). The van der Waals surface area contributed by atoms with E-state index in [0.29, 0.717) is 12.6 Å². The van der Waals surface area contributed by atoms with Crippen LogP contribution in [0.1, 0.15) is 36.6 Å². The van der Waals surface area contributed by atoms with Gasteiger partial charge in [0.1, 0.15) is 5.75 Å². The van der Waals surface area contributed by atoms with Gasteiger partial charge in [0.2, 0.25) is 0 Å². The number of guanidine groups is 1. The SMILES string of the molecule is CC(NC(N)=NC1CCOc2ccccc21)c1ccc(S(C)=O)cc1. The lowest BCUT2D eigenvalue weighted by molar-refractivity contribution is 0.269. The molecule has 132 valence electrons. The predicted octanol–water partition coefficient (Wildman–Crippen LogP) is 2.91.